The van der Waals surface area contributed by atoms with Crippen LogP contribution in [0.5, 0.6) is 0 Å². The van der Waals surface area contributed by atoms with Crippen LogP contribution in [0.3, 0.4) is 0 Å². The number of hydrogen-bond donors (Lipinski definition) is 2. The zero-order valence-electron chi connectivity index (χ0n) is 10.5. The number of carbonyl (C=O) groups is 2. The number of esters is 1. The molecular weight excluding hydrogens is 254 g/mol. The lowest BCUT2D eigenvalue weighted by Crippen LogP contribution is -2.14. The summed E-state index contributed by atoms with van der Waals surface area (Å²) in [5, 5.41) is 13.2. The Kier molecular flexibility index (Phi) is 5.80. The number of aliphatic hydroxyl groups excluding tert-OH is 1. The Morgan fingerprint density at radius 1 is 1.44 bits per heavy atom. The molecule has 0 saturated heterocycles. The van der Waals surface area contributed by atoms with Gasteiger partial charge in [-0.2, -0.15) is 0 Å². The SMILES string of the molecule is COC(=O)c1scc(C)c1NC(=O)CCCCO. The highest BCUT2D eigenvalue weighted by molar-refractivity contribution is 7.12. The maximum atomic E-state index is 11.7. The van der Waals surface area contributed by atoms with Crippen molar-refractivity contribution in [3.63, 3.8) is 0 Å². The number of nitrogens with one attached hydrogen (secondary N) is 1. The molecule has 100 valence electrons. The number of thiophene rings is 1. The van der Waals surface area contributed by atoms with Crippen LogP contribution in [0, 0.1) is 6.92 Å². The van der Waals surface area contributed by atoms with Crippen molar-refractivity contribution in [2.75, 3.05) is 19.0 Å². The smallest absolute Gasteiger partial charge is 0.350 e. The van der Waals surface area contributed by atoms with E-state index in [1.807, 2.05) is 6.92 Å². The van der Waals surface area contributed by atoms with E-state index < -0.39 is 5.97 Å². The molecular formula is C12H17NO4S. The Hall–Kier alpha value is -1.40. The monoisotopic (exact) mass is 271 g/mol. The van der Waals surface area contributed by atoms with Gasteiger partial charge in [0.15, 0.2) is 0 Å². The predicted molar refractivity (Wildman–Crippen MR) is 70.0 cm³/mol. The molecule has 5 nitrogen and oxygen atoms in total. The van der Waals surface area contributed by atoms with E-state index >= 15 is 0 Å². The summed E-state index contributed by atoms with van der Waals surface area (Å²) in [5.41, 5.74) is 1.37. The number of aliphatic hydroxyl groups is 1. The lowest BCUT2D eigenvalue weighted by Gasteiger charge is -2.07. The molecule has 1 aromatic heterocycles. The Labute approximate surface area is 110 Å². The summed E-state index contributed by atoms with van der Waals surface area (Å²) >= 11 is 1.25. The first-order valence-corrected chi connectivity index (χ1v) is 6.55. The maximum Gasteiger partial charge on any atom is 0.350 e. The van der Waals surface area contributed by atoms with Gasteiger partial charge in [0.25, 0.3) is 0 Å². The van der Waals surface area contributed by atoms with Crippen molar-refractivity contribution >= 4 is 28.9 Å². The molecule has 1 aromatic rings. The average molecular weight is 271 g/mol. The number of carbonyl (C=O) groups excluding carboxylic acids is 2. The summed E-state index contributed by atoms with van der Waals surface area (Å²) in [4.78, 5) is 23.6. The summed E-state index contributed by atoms with van der Waals surface area (Å²) in [6.45, 7) is 1.91. The molecule has 0 aliphatic heterocycles. The van der Waals surface area contributed by atoms with Gasteiger partial charge in [-0.15, -0.1) is 11.3 Å². The number of rotatable bonds is 6. The van der Waals surface area contributed by atoms with Crippen LogP contribution in [0.25, 0.3) is 0 Å². The van der Waals surface area contributed by atoms with E-state index in [1.54, 1.807) is 5.38 Å². The van der Waals surface area contributed by atoms with Crippen LogP contribution in [0.1, 0.15) is 34.5 Å². The molecule has 0 unspecified atom stereocenters. The van der Waals surface area contributed by atoms with Gasteiger partial charge in [0.05, 0.1) is 12.8 Å². The third-order valence-electron chi connectivity index (χ3n) is 2.42. The predicted octanol–water partition coefficient (Wildman–Crippen LogP) is 1.94. The van der Waals surface area contributed by atoms with Crippen molar-refractivity contribution in [2.45, 2.75) is 26.2 Å². The molecule has 1 rings (SSSR count). The van der Waals surface area contributed by atoms with Gasteiger partial charge < -0.3 is 15.2 Å². The van der Waals surface area contributed by atoms with E-state index in [2.05, 4.69) is 10.1 Å². The van der Waals surface area contributed by atoms with Gasteiger partial charge in [-0.25, -0.2) is 4.79 Å². The fourth-order valence-corrected chi connectivity index (χ4v) is 2.36. The van der Waals surface area contributed by atoms with E-state index in [4.69, 9.17) is 5.11 Å². The Morgan fingerprint density at radius 3 is 2.78 bits per heavy atom. The largest absolute Gasteiger partial charge is 0.465 e. The minimum Gasteiger partial charge on any atom is -0.465 e. The number of aryl methyl sites for hydroxylation is 1. The second kappa shape index (κ2) is 7.13. The average Bonchev–Trinajstić information content (AvgIpc) is 2.71. The second-order valence-corrected chi connectivity index (χ2v) is 4.72. The molecule has 1 amide bonds. The molecule has 1 heterocycles. The van der Waals surface area contributed by atoms with Crippen LogP contribution in [0.4, 0.5) is 5.69 Å². The van der Waals surface area contributed by atoms with Gasteiger partial charge in [0.1, 0.15) is 4.88 Å². The fourth-order valence-electron chi connectivity index (χ4n) is 1.44. The van der Waals surface area contributed by atoms with Crippen molar-refractivity contribution in [3.8, 4) is 0 Å². The molecule has 0 saturated carbocycles. The van der Waals surface area contributed by atoms with Crippen LogP contribution in [0.2, 0.25) is 0 Å². The Morgan fingerprint density at radius 2 is 2.17 bits per heavy atom. The molecule has 0 aromatic carbocycles. The molecule has 0 spiro atoms. The summed E-state index contributed by atoms with van der Waals surface area (Å²) in [5.74, 6) is -0.603. The van der Waals surface area contributed by atoms with Crippen LogP contribution >= 0.6 is 11.3 Å². The minimum absolute atomic E-state index is 0.0815. The van der Waals surface area contributed by atoms with Crippen LogP contribution < -0.4 is 5.32 Å². The van der Waals surface area contributed by atoms with Crippen LogP contribution in [-0.2, 0) is 9.53 Å². The normalized spacial score (nSPS) is 10.2. The summed E-state index contributed by atoms with van der Waals surface area (Å²) in [6, 6.07) is 0. The van der Waals surface area contributed by atoms with E-state index in [1.165, 1.54) is 18.4 Å². The number of unbranched alkanes of at least 4 members (excludes halogenated alkanes) is 1. The first kappa shape index (κ1) is 14.7. The van der Waals surface area contributed by atoms with Crippen molar-refractivity contribution in [2.24, 2.45) is 0 Å². The van der Waals surface area contributed by atoms with Crippen LogP contribution in [-0.4, -0.2) is 30.7 Å². The molecule has 0 atom stereocenters. The molecule has 18 heavy (non-hydrogen) atoms. The number of hydrogen-bond acceptors (Lipinski definition) is 5. The number of anilines is 1. The highest BCUT2D eigenvalue weighted by Gasteiger charge is 2.18. The highest BCUT2D eigenvalue weighted by Crippen LogP contribution is 2.28. The van der Waals surface area contributed by atoms with Gasteiger partial charge >= 0.3 is 5.97 Å². The molecule has 0 fully saturated rings. The van der Waals surface area contributed by atoms with Gasteiger partial charge in [-0.3, -0.25) is 4.79 Å². The maximum absolute atomic E-state index is 11.7. The molecule has 0 radical (unpaired) electrons. The van der Waals surface area contributed by atoms with Gasteiger partial charge in [0.2, 0.25) is 5.91 Å². The van der Waals surface area contributed by atoms with E-state index in [0.29, 0.717) is 29.8 Å². The third-order valence-corrected chi connectivity index (χ3v) is 3.50. The zero-order chi connectivity index (χ0) is 13.5. The van der Waals surface area contributed by atoms with E-state index in [-0.39, 0.29) is 12.5 Å². The molecule has 0 aliphatic rings. The number of ether oxygens (including phenoxy) is 1. The zero-order valence-corrected chi connectivity index (χ0v) is 11.3. The molecule has 2 N–H and O–H groups in total. The van der Waals surface area contributed by atoms with E-state index in [9.17, 15) is 9.59 Å². The fraction of sp³-hybridized carbons (Fsp3) is 0.500. The topological polar surface area (TPSA) is 75.6 Å². The first-order chi connectivity index (χ1) is 8.60. The number of amides is 1. The standard InChI is InChI=1S/C12H17NO4S/c1-8-7-18-11(12(16)17-2)10(8)13-9(15)5-3-4-6-14/h7,14H,3-6H2,1-2H3,(H,13,15). The van der Waals surface area contributed by atoms with Gasteiger partial charge in [-0.1, -0.05) is 0 Å². The quantitative estimate of drug-likeness (QED) is 0.612. The van der Waals surface area contributed by atoms with Gasteiger partial charge in [0, 0.05) is 13.0 Å². The minimum atomic E-state index is -0.446. The number of methoxy groups -OCH3 is 1. The lowest BCUT2D eigenvalue weighted by atomic mass is 10.2. The molecule has 0 aliphatic carbocycles. The van der Waals surface area contributed by atoms with Crippen molar-refractivity contribution in [1.29, 1.82) is 0 Å². The molecule has 6 heteroatoms. The Bertz CT molecular complexity index is 428. The van der Waals surface area contributed by atoms with Crippen molar-refractivity contribution in [1.82, 2.24) is 0 Å². The summed E-state index contributed by atoms with van der Waals surface area (Å²) in [6.07, 6.45) is 1.55. The molecule has 0 bridgehead atoms. The Balaban J connectivity index is 2.68. The summed E-state index contributed by atoms with van der Waals surface area (Å²) in [7, 11) is 1.31. The second-order valence-electron chi connectivity index (χ2n) is 3.84. The van der Waals surface area contributed by atoms with Crippen molar-refractivity contribution in [3.05, 3.63) is 15.8 Å². The lowest BCUT2D eigenvalue weighted by molar-refractivity contribution is -0.116. The van der Waals surface area contributed by atoms with Gasteiger partial charge in [-0.05, 0) is 30.7 Å². The van der Waals surface area contributed by atoms with Crippen molar-refractivity contribution < 1.29 is 19.4 Å². The van der Waals surface area contributed by atoms with E-state index in [0.717, 1.165) is 5.56 Å². The highest BCUT2D eigenvalue weighted by atomic mass is 32.1. The third kappa shape index (κ3) is 3.82. The van der Waals surface area contributed by atoms with Crippen LogP contribution in [0.15, 0.2) is 5.38 Å². The first-order valence-electron chi connectivity index (χ1n) is 5.67. The summed E-state index contributed by atoms with van der Waals surface area (Å²) < 4.78 is 4.66.